The smallest absolute Gasteiger partial charge is 0.338 e. The van der Waals surface area contributed by atoms with E-state index in [0.29, 0.717) is 39.9 Å². The van der Waals surface area contributed by atoms with E-state index in [-0.39, 0.29) is 29.6 Å². The Morgan fingerprint density at radius 3 is 2.68 bits per heavy atom. The second-order valence-electron chi connectivity index (χ2n) is 7.49. The number of amides is 3. The van der Waals surface area contributed by atoms with Crippen LogP contribution in [0.15, 0.2) is 48.5 Å². The predicted octanol–water partition coefficient (Wildman–Crippen LogP) is 4.99. The molecule has 2 heterocycles. The highest BCUT2D eigenvalue weighted by Gasteiger charge is 2.33. The summed E-state index contributed by atoms with van der Waals surface area (Å²) in [5.41, 5.74) is 1.44. The highest BCUT2D eigenvalue weighted by molar-refractivity contribution is 7.13. The number of likely N-dealkylation sites (tertiary alicyclic amines) is 1. The molecule has 11 heteroatoms. The van der Waals surface area contributed by atoms with Gasteiger partial charge in [0, 0.05) is 22.9 Å². The molecular formula is C23H22ClN5O4S. The molecule has 0 spiro atoms. The first kappa shape index (κ1) is 23.7. The van der Waals surface area contributed by atoms with Gasteiger partial charge in [-0.15, -0.1) is 10.2 Å². The summed E-state index contributed by atoms with van der Waals surface area (Å²) in [4.78, 5) is 39.2. The van der Waals surface area contributed by atoms with E-state index in [9.17, 15) is 14.4 Å². The summed E-state index contributed by atoms with van der Waals surface area (Å²) >= 11 is 7.03. The number of hydrogen-bond donors (Lipinski definition) is 2. The van der Waals surface area contributed by atoms with Gasteiger partial charge in [-0.3, -0.25) is 4.79 Å². The number of hydrogen-bond acceptors (Lipinski definition) is 7. The van der Waals surface area contributed by atoms with Crippen LogP contribution in [-0.2, 0) is 4.74 Å². The predicted molar refractivity (Wildman–Crippen MR) is 129 cm³/mol. The van der Waals surface area contributed by atoms with E-state index < -0.39 is 5.97 Å². The summed E-state index contributed by atoms with van der Waals surface area (Å²) in [6, 6.07) is 12.7. The van der Waals surface area contributed by atoms with Crippen molar-refractivity contribution in [2.75, 3.05) is 23.8 Å². The molecule has 2 aromatic carbocycles. The Morgan fingerprint density at radius 1 is 1.12 bits per heavy atom. The van der Waals surface area contributed by atoms with E-state index in [4.69, 9.17) is 16.3 Å². The van der Waals surface area contributed by atoms with Crippen molar-refractivity contribution in [1.29, 1.82) is 0 Å². The first-order valence-electron chi connectivity index (χ1n) is 10.7. The molecule has 1 saturated heterocycles. The summed E-state index contributed by atoms with van der Waals surface area (Å²) in [6.07, 6.45) is 1.51. The second-order valence-corrected chi connectivity index (χ2v) is 8.93. The Kier molecular flexibility index (Phi) is 7.39. The third-order valence-corrected chi connectivity index (χ3v) is 6.44. The van der Waals surface area contributed by atoms with Crippen LogP contribution in [0.1, 0.15) is 51.0 Å². The SMILES string of the molecule is CCOC(=O)c1cccc(NC(=O)N2CCC[C@@H]2c2nnc(C(=O)Nc3ccc(Cl)cc3)s2)c1. The van der Waals surface area contributed by atoms with Crippen LogP contribution in [-0.4, -0.2) is 46.2 Å². The van der Waals surface area contributed by atoms with Crippen LogP contribution in [0.25, 0.3) is 0 Å². The van der Waals surface area contributed by atoms with Crippen molar-refractivity contribution in [3.05, 3.63) is 69.1 Å². The first-order chi connectivity index (χ1) is 16.4. The van der Waals surface area contributed by atoms with Gasteiger partial charge in [-0.1, -0.05) is 29.0 Å². The number of ether oxygens (including phenoxy) is 1. The molecule has 34 heavy (non-hydrogen) atoms. The molecular weight excluding hydrogens is 478 g/mol. The Hall–Kier alpha value is -3.50. The second kappa shape index (κ2) is 10.6. The van der Waals surface area contributed by atoms with Gasteiger partial charge in [-0.2, -0.15) is 0 Å². The number of aromatic nitrogens is 2. The summed E-state index contributed by atoms with van der Waals surface area (Å²) in [6.45, 7) is 2.55. The highest BCUT2D eigenvalue weighted by atomic mass is 35.5. The lowest BCUT2D eigenvalue weighted by Gasteiger charge is -2.23. The zero-order valence-electron chi connectivity index (χ0n) is 18.3. The number of anilines is 2. The molecule has 176 valence electrons. The molecule has 0 unspecified atom stereocenters. The maximum atomic E-state index is 13.0. The van der Waals surface area contributed by atoms with Gasteiger partial charge in [0.05, 0.1) is 18.2 Å². The monoisotopic (exact) mass is 499 g/mol. The van der Waals surface area contributed by atoms with Crippen molar-refractivity contribution in [1.82, 2.24) is 15.1 Å². The molecule has 4 rings (SSSR count). The maximum Gasteiger partial charge on any atom is 0.338 e. The third-order valence-electron chi connectivity index (χ3n) is 5.16. The van der Waals surface area contributed by atoms with Gasteiger partial charge < -0.3 is 20.3 Å². The molecule has 0 aliphatic carbocycles. The third kappa shape index (κ3) is 5.52. The summed E-state index contributed by atoms with van der Waals surface area (Å²) in [5.74, 6) is -0.827. The molecule has 3 amide bonds. The van der Waals surface area contributed by atoms with Crippen molar-refractivity contribution in [3.63, 3.8) is 0 Å². The highest BCUT2D eigenvalue weighted by Crippen LogP contribution is 2.34. The molecule has 0 radical (unpaired) electrons. The average Bonchev–Trinajstić information content (AvgIpc) is 3.51. The minimum Gasteiger partial charge on any atom is -0.462 e. The molecule has 2 N–H and O–H groups in total. The zero-order chi connectivity index (χ0) is 24.1. The molecule has 1 atom stereocenters. The standard InChI is InChI=1S/C23H22ClN5O4S/c1-2-33-22(31)14-5-3-6-17(13-14)26-23(32)29-12-4-7-18(29)20-27-28-21(34-20)19(30)25-16-10-8-15(24)9-11-16/h3,5-6,8-11,13,18H,2,4,7,12H2,1H3,(H,25,30)(H,26,32)/t18-/m1/s1. The van der Waals surface area contributed by atoms with Gasteiger partial charge in [-0.25, -0.2) is 9.59 Å². The number of esters is 1. The lowest BCUT2D eigenvalue weighted by molar-refractivity contribution is 0.0526. The Bertz CT molecular complexity index is 1200. The molecule has 1 aromatic heterocycles. The van der Waals surface area contributed by atoms with Crippen LogP contribution in [0.2, 0.25) is 5.02 Å². The molecule has 1 aliphatic rings. The number of rotatable bonds is 6. The fourth-order valence-electron chi connectivity index (χ4n) is 3.58. The van der Waals surface area contributed by atoms with Crippen molar-refractivity contribution in [2.24, 2.45) is 0 Å². The number of halogens is 1. The van der Waals surface area contributed by atoms with Gasteiger partial charge in [-0.05, 0) is 62.2 Å². The fraction of sp³-hybridized carbons (Fsp3) is 0.261. The van der Waals surface area contributed by atoms with Crippen LogP contribution in [0, 0.1) is 0 Å². The zero-order valence-corrected chi connectivity index (χ0v) is 19.9. The van der Waals surface area contributed by atoms with Crippen molar-refractivity contribution in [2.45, 2.75) is 25.8 Å². The fourth-order valence-corrected chi connectivity index (χ4v) is 4.59. The van der Waals surface area contributed by atoms with Gasteiger partial charge in [0.2, 0.25) is 5.01 Å². The van der Waals surface area contributed by atoms with Crippen LogP contribution >= 0.6 is 22.9 Å². The molecule has 3 aromatic rings. The number of urea groups is 1. The normalized spacial score (nSPS) is 15.1. The molecule has 1 aliphatic heterocycles. The van der Waals surface area contributed by atoms with Crippen LogP contribution in [0.5, 0.6) is 0 Å². The van der Waals surface area contributed by atoms with Gasteiger partial charge in [0.25, 0.3) is 5.91 Å². The van der Waals surface area contributed by atoms with Gasteiger partial charge in [0.1, 0.15) is 5.01 Å². The molecule has 0 saturated carbocycles. The molecule has 1 fully saturated rings. The minimum atomic E-state index is -0.448. The Labute approximate surface area is 205 Å². The van der Waals surface area contributed by atoms with Crippen molar-refractivity contribution in [3.8, 4) is 0 Å². The van der Waals surface area contributed by atoms with Gasteiger partial charge >= 0.3 is 12.0 Å². The topological polar surface area (TPSA) is 114 Å². The molecule has 0 bridgehead atoms. The minimum absolute atomic E-state index is 0.208. The van der Waals surface area contributed by atoms with Crippen LogP contribution in [0.4, 0.5) is 16.2 Å². The quantitative estimate of drug-likeness (QED) is 0.462. The first-order valence-corrected chi connectivity index (χ1v) is 11.9. The van der Waals surface area contributed by atoms with Crippen LogP contribution in [0.3, 0.4) is 0 Å². The van der Waals surface area contributed by atoms with Crippen LogP contribution < -0.4 is 10.6 Å². The van der Waals surface area contributed by atoms with Crippen molar-refractivity contribution < 1.29 is 19.1 Å². The average molecular weight is 500 g/mol. The lowest BCUT2D eigenvalue weighted by Crippen LogP contribution is -2.34. The van der Waals surface area contributed by atoms with Gasteiger partial charge in [0.15, 0.2) is 0 Å². The number of benzene rings is 2. The number of nitrogens with zero attached hydrogens (tertiary/aromatic N) is 3. The molecule has 9 nitrogen and oxygen atoms in total. The maximum absolute atomic E-state index is 13.0. The summed E-state index contributed by atoms with van der Waals surface area (Å²) < 4.78 is 5.01. The van der Waals surface area contributed by atoms with E-state index >= 15 is 0 Å². The number of nitrogens with one attached hydrogen (secondary N) is 2. The van der Waals surface area contributed by atoms with E-state index in [1.165, 1.54) is 0 Å². The van der Waals surface area contributed by atoms with E-state index in [0.717, 1.165) is 17.8 Å². The number of carbonyl (C=O) groups is 3. The summed E-state index contributed by atoms with van der Waals surface area (Å²) in [7, 11) is 0. The van der Waals surface area contributed by atoms with E-state index in [2.05, 4.69) is 20.8 Å². The van der Waals surface area contributed by atoms with Crippen molar-refractivity contribution >= 4 is 52.2 Å². The van der Waals surface area contributed by atoms with E-state index in [1.54, 1.807) is 60.4 Å². The number of carbonyl (C=O) groups excluding carboxylic acids is 3. The Balaban J connectivity index is 1.42. The Morgan fingerprint density at radius 2 is 1.91 bits per heavy atom. The lowest BCUT2D eigenvalue weighted by atomic mass is 10.2. The summed E-state index contributed by atoms with van der Waals surface area (Å²) in [5, 5.41) is 15.2. The van der Waals surface area contributed by atoms with E-state index in [1.807, 2.05) is 0 Å². The largest absolute Gasteiger partial charge is 0.462 e.